The van der Waals surface area contributed by atoms with E-state index >= 15 is 0 Å². The summed E-state index contributed by atoms with van der Waals surface area (Å²) in [5.74, 6) is 0.820. The highest BCUT2D eigenvalue weighted by Gasteiger charge is 2.61. The van der Waals surface area contributed by atoms with E-state index in [-0.39, 0.29) is 0 Å². The van der Waals surface area contributed by atoms with Gasteiger partial charge in [-0.1, -0.05) is 27.7 Å². The molecule has 0 radical (unpaired) electrons. The van der Waals surface area contributed by atoms with Crippen molar-refractivity contribution in [2.45, 2.75) is 77.9 Å². The van der Waals surface area contributed by atoms with E-state index in [1.54, 1.807) is 0 Å². The maximum atomic E-state index is 9.08. The monoisotopic (exact) mass is 278 g/mol. The molecule has 2 saturated carbocycles. The van der Waals surface area contributed by atoms with Crippen LogP contribution in [0.3, 0.4) is 0 Å². The van der Waals surface area contributed by atoms with Crippen molar-refractivity contribution in [1.29, 1.82) is 5.26 Å². The van der Waals surface area contributed by atoms with E-state index in [1.807, 2.05) is 6.92 Å². The van der Waals surface area contributed by atoms with Gasteiger partial charge in [0.15, 0.2) is 0 Å². The number of hydrogen-bond acceptors (Lipinski definition) is 3. The fraction of sp³-hybridized carbons (Fsp3) is 0.941. The SMILES string of the molecule is CCC(N)(C#N)CCCOC1CC2CCC1(C)C2(C)C. The van der Waals surface area contributed by atoms with Gasteiger partial charge in [-0.2, -0.15) is 5.26 Å². The first-order valence-corrected chi connectivity index (χ1v) is 8.11. The second kappa shape index (κ2) is 5.31. The summed E-state index contributed by atoms with van der Waals surface area (Å²) in [6.45, 7) is 9.93. The molecule has 0 aromatic heterocycles. The number of nitrogens with two attached hydrogens (primary N) is 1. The molecule has 2 N–H and O–H groups in total. The van der Waals surface area contributed by atoms with Crippen molar-refractivity contribution in [3.63, 3.8) is 0 Å². The van der Waals surface area contributed by atoms with Gasteiger partial charge < -0.3 is 10.5 Å². The zero-order chi connectivity index (χ0) is 15.0. The lowest BCUT2D eigenvalue weighted by Crippen LogP contribution is -2.39. The molecule has 4 unspecified atom stereocenters. The number of hydrogen-bond donors (Lipinski definition) is 1. The molecular weight excluding hydrogens is 248 g/mol. The second-order valence-electron chi connectivity index (χ2n) is 7.69. The van der Waals surface area contributed by atoms with E-state index in [4.69, 9.17) is 15.7 Å². The van der Waals surface area contributed by atoms with Crippen molar-refractivity contribution in [3.8, 4) is 6.07 Å². The van der Waals surface area contributed by atoms with Crippen molar-refractivity contribution in [2.75, 3.05) is 6.61 Å². The van der Waals surface area contributed by atoms with Crippen molar-refractivity contribution in [3.05, 3.63) is 0 Å². The minimum Gasteiger partial charge on any atom is -0.378 e. The van der Waals surface area contributed by atoms with E-state index in [0.29, 0.717) is 23.4 Å². The number of fused-ring (bicyclic) bond motifs is 2. The molecule has 2 aliphatic rings. The van der Waals surface area contributed by atoms with Gasteiger partial charge in [-0.3, -0.25) is 0 Å². The van der Waals surface area contributed by atoms with Gasteiger partial charge >= 0.3 is 0 Å². The van der Waals surface area contributed by atoms with Crippen LogP contribution in [0.1, 0.15) is 66.2 Å². The predicted molar refractivity (Wildman–Crippen MR) is 81.0 cm³/mol. The highest BCUT2D eigenvalue weighted by Crippen LogP contribution is 2.66. The Hall–Kier alpha value is -0.590. The normalized spacial score (nSPS) is 37.6. The van der Waals surface area contributed by atoms with Gasteiger partial charge in [0.1, 0.15) is 5.54 Å². The summed E-state index contributed by atoms with van der Waals surface area (Å²) in [6, 6.07) is 2.23. The number of nitriles is 1. The number of nitrogens with zero attached hydrogens (tertiary/aromatic N) is 1. The van der Waals surface area contributed by atoms with Crippen molar-refractivity contribution in [1.82, 2.24) is 0 Å². The Labute approximate surface area is 123 Å². The minimum atomic E-state index is -0.665. The first-order valence-electron chi connectivity index (χ1n) is 8.11. The van der Waals surface area contributed by atoms with Gasteiger partial charge in [0.25, 0.3) is 0 Å². The zero-order valence-electron chi connectivity index (χ0n) is 13.5. The maximum absolute atomic E-state index is 9.08. The third kappa shape index (κ3) is 2.38. The molecule has 0 saturated heterocycles. The van der Waals surface area contributed by atoms with E-state index in [1.165, 1.54) is 19.3 Å². The van der Waals surface area contributed by atoms with E-state index in [9.17, 15) is 0 Å². The van der Waals surface area contributed by atoms with Crippen LogP contribution >= 0.6 is 0 Å². The molecule has 0 aromatic carbocycles. The highest BCUT2D eigenvalue weighted by atomic mass is 16.5. The van der Waals surface area contributed by atoms with Gasteiger partial charge in [-0.05, 0) is 55.3 Å². The molecule has 0 amide bonds. The second-order valence-corrected chi connectivity index (χ2v) is 7.69. The Bertz CT molecular complexity index is 400. The number of rotatable bonds is 6. The smallest absolute Gasteiger partial charge is 0.104 e. The third-order valence-electron chi connectivity index (χ3n) is 6.65. The predicted octanol–water partition coefficient (Wildman–Crippen LogP) is 3.63. The molecule has 114 valence electrons. The van der Waals surface area contributed by atoms with E-state index in [2.05, 4.69) is 26.8 Å². The van der Waals surface area contributed by atoms with Crippen LogP contribution in [0.5, 0.6) is 0 Å². The summed E-state index contributed by atoms with van der Waals surface area (Å²) in [5.41, 5.74) is 6.08. The molecule has 0 aliphatic heterocycles. The molecule has 2 rings (SSSR count). The lowest BCUT2D eigenvalue weighted by molar-refractivity contribution is -0.0481. The number of ether oxygens (including phenoxy) is 1. The molecule has 3 heteroatoms. The average Bonchev–Trinajstić information content (AvgIpc) is 2.76. The standard InChI is InChI=1S/C17H30N2O/c1-5-17(19,12-18)8-6-10-20-14-11-13-7-9-16(14,4)15(13,2)3/h13-14H,5-11,19H2,1-4H3. The molecule has 0 spiro atoms. The van der Waals surface area contributed by atoms with Gasteiger partial charge in [0.2, 0.25) is 0 Å². The molecule has 2 bridgehead atoms. The van der Waals surface area contributed by atoms with E-state index < -0.39 is 5.54 Å². The van der Waals surface area contributed by atoms with Gasteiger partial charge in [-0.25, -0.2) is 0 Å². The fourth-order valence-corrected chi connectivity index (χ4v) is 4.31. The Balaban J connectivity index is 1.81. The lowest BCUT2D eigenvalue weighted by Gasteiger charge is -2.39. The fourth-order valence-electron chi connectivity index (χ4n) is 4.31. The third-order valence-corrected chi connectivity index (χ3v) is 6.65. The average molecular weight is 278 g/mol. The van der Waals surface area contributed by atoms with Gasteiger partial charge in [0.05, 0.1) is 12.2 Å². The molecular formula is C17H30N2O. The summed E-state index contributed by atoms with van der Waals surface area (Å²) >= 11 is 0. The Morgan fingerprint density at radius 2 is 2.10 bits per heavy atom. The summed E-state index contributed by atoms with van der Waals surface area (Å²) in [5, 5.41) is 9.08. The summed E-state index contributed by atoms with van der Waals surface area (Å²) in [6.07, 6.45) is 6.59. The Morgan fingerprint density at radius 3 is 2.55 bits per heavy atom. The van der Waals surface area contributed by atoms with Gasteiger partial charge in [-0.15, -0.1) is 0 Å². The lowest BCUT2D eigenvalue weighted by atomic mass is 9.70. The first-order chi connectivity index (χ1) is 9.29. The zero-order valence-corrected chi connectivity index (χ0v) is 13.5. The largest absolute Gasteiger partial charge is 0.378 e. The van der Waals surface area contributed by atoms with Crippen molar-refractivity contribution >= 4 is 0 Å². The quantitative estimate of drug-likeness (QED) is 0.755. The van der Waals surface area contributed by atoms with Crippen LogP contribution in [-0.4, -0.2) is 18.2 Å². The van der Waals surface area contributed by atoms with Gasteiger partial charge in [0, 0.05) is 6.61 Å². The van der Waals surface area contributed by atoms with Crippen LogP contribution in [0.2, 0.25) is 0 Å². The Morgan fingerprint density at radius 1 is 1.40 bits per heavy atom. The van der Waals surface area contributed by atoms with Crippen LogP contribution in [-0.2, 0) is 4.74 Å². The van der Waals surface area contributed by atoms with E-state index in [0.717, 1.165) is 25.4 Å². The maximum Gasteiger partial charge on any atom is 0.104 e. The minimum absolute atomic E-state index is 0.331. The summed E-state index contributed by atoms with van der Waals surface area (Å²) in [4.78, 5) is 0. The van der Waals surface area contributed by atoms with Crippen LogP contribution in [0, 0.1) is 28.1 Å². The molecule has 4 atom stereocenters. The molecule has 0 aromatic rings. The Kier molecular flexibility index (Phi) is 4.19. The summed E-state index contributed by atoms with van der Waals surface area (Å²) in [7, 11) is 0. The van der Waals surface area contributed by atoms with Crippen LogP contribution < -0.4 is 5.73 Å². The van der Waals surface area contributed by atoms with Crippen LogP contribution in [0.25, 0.3) is 0 Å². The molecule has 20 heavy (non-hydrogen) atoms. The molecule has 2 fully saturated rings. The van der Waals surface area contributed by atoms with Crippen LogP contribution in [0.4, 0.5) is 0 Å². The van der Waals surface area contributed by atoms with Crippen LogP contribution in [0.15, 0.2) is 0 Å². The first kappa shape index (κ1) is 15.8. The highest BCUT2D eigenvalue weighted by molar-refractivity contribution is 5.11. The molecule has 3 nitrogen and oxygen atoms in total. The molecule has 2 aliphatic carbocycles. The topological polar surface area (TPSA) is 59.0 Å². The van der Waals surface area contributed by atoms with Crippen molar-refractivity contribution in [2.24, 2.45) is 22.5 Å². The molecule has 0 heterocycles. The summed E-state index contributed by atoms with van der Waals surface area (Å²) < 4.78 is 6.19. The van der Waals surface area contributed by atoms with Crippen molar-refractivity contribution < 1.29 is 4.74 Å².